The lowest BCUT2D eigenvalue weighted by atomic mass is 10.1. The van der Waals surface area contributed by atoms with Crippen molar-refractivity contribution in [2.24, 2.45) is 0 Å². The van der Waals surface area contributed by atoms with Crippen molar-refractivity contribution in [1.29, 1.82) is 0 Å². The first kappa shape index (κ1) is 13.6. The van der Waals surface area contributed by atoms with Gasteiger partial charge in [-0.3, -0.25) is 4.98 Å². The summed E-state index contributed by atoms with van der Waals surface area (Å²) < 4.78 is 0. The number of aryl methyl sites for hydroxylation is 1. The Labute approximate surface area is 114 Å². The number of benzene rings is 1. The van der Waals surface area contributed by atoms with Crippen LogP contribution in [0.3, 0.4) is 0 Å². The highest BCUT2D eigenvalue weighted by Crippen LogP contribution is 2.11. The molecule has 0 bridgehead atoms. The normalized spacial score (nSPS) is 12.3. The van der Waals surface area contributed by atoms with Gasteiger partial charge in [-0.25, -0.2) is 0 Å². The number of nitrogens with one attached hydrogen (secondary N) is 1. The third-order valence-electron chi connectivity index (χ3n) is 3.06. The molecule has 0 spiro atoms. The Kier molecular flexibility index (Phi) is 4.53. The summed E-state index contributed by atoms with van der Waals surface area (Å²) in [6.07, 6.45) is 0.937. The predicted octanol–water partition coefficient (Wildman–Crippen LogP) is 2.82. The number of aromatic hydroxyl groups is 1. The molecule has 3 nitrogen and oxygen atoms in total. The number of hydrogen-bond donors (Lipinski definition) is 2. The Morgan fingerprint density at radius 2 is 1.89 bits per heavy atom. The van der Waals surface area contributed by atoms with E-state index < -0.39 is 0 Å². The van der Waals surface area contributed by atoms with Gasteiger partial charge in [0.15, 0.2) is 0 Å². The number of phenolic OH excluding ortho intramolecular Hbond substituents is 1. The van der Waals surface area contributed by atoms with Crippen molar-refractivity contribution in [3.05, 3.63) is 59.4 Å². The topological polar surface area (TPSA) is 45.1 Å². The zero-order valence-corrected chi connectivity index (χ0v) is 11.4. The molecule has 19 heavy (non-hydrogen) atoms. The minimum atomic E-state index is 0.313. The van der Waals surface area contributed by atoms with E-state index in [1.54, 1.807) is 12.1 Å². The van der Waals surface area contributed by atoms with Crippen LogP contribution >= 0.6 is 0 Å². The third-order valence-corrected chi connectivity index (χ3v) is 3.06. The molecule has 0 aliphatic rings. The highest BCUT2D eigenvalue weighted by atomic mass is 16.3. The van der Waals surface area contributed by atoms with Crippen LogP contribution in [0.5, 0.6) is 5.75 Å². The molecular weight excluding hydrogens is 236 g/mol. The van der Waals surface area contributed by atoms with Gasteiger partial charge in [0.2, 0.25) is 0 Å². The van der Waals surface area contributed by atoms with Crippen LogP contribution in [0.4, 0.5) is 0 Å². The Hall–Kier alpha value is -1.87. The number of hydrogen-bond acceptors (Lipinski definition) is 3. The second kappa shape index (κ2) is 6.34. The molecule has 1 unspecified atom stereocenters. The van der Waals surface area contributed by atoms with Crippen LogP contribution in [0.15, 0.2) is 42.5 Å². The molecule has 0 saturated heterocycles. The van der Waals surface area contributed by atoms with Gasteiger partial charge in [-0.15, -0.1) is 0 Å². The lowest BCUT2D eigenvalue weighted by Crippen LogP contribution is -2.27. The van der Waals surface area contributed by atoms with E-state index in [1.165, 1.54) is 5.56 Å². The van der Waals surface area contributed by atoms with Gasteiger partial charge in [0.25, 0.3) is 0 Å². The highest BCUT2D eigenvalue weighted by molar-refractivity contribution is 5.26. The van der Waals surface area contributed by atoms with Gasteiger partial charge in [0.05, 0.1) is 5.69 Å². The van der Waals surface area contributed by atoms with Crippen molar-refractivity contribution < 1.29 is 5.11 Å². The van der Waals surface area contributed by atoms with Crippen molar-refractivity contribution in [2.75, 3.05) is 0 Å². The van der Waals surface area contributed by atoms with Crippen molar-refractivity contribution in [3.63, 3.8) is 0 Å². The molecule has 0 aliphatic heterocycles. The number of pyridine rings is 1. The van der Waals surface area contributed by atoms with E-state index in [-0.39, 0.29) is 0 Å². The Morgan fingerprint density at radius 3 is 2.58 bits per heavy atom. The zero-order valence-electron chi connectivity index (χ0n) is 11.4. The predicted molar refractivity (Wildman–Crippen MR) is 77.1 cm³/mol. The number of aromatic nitrogens is 1. The Morgan fingerprint density at radius 1 is 1.16 bits per heavy atom. The second-order valence-corrected chi connectivity index (χ2v) is 4.92. The fraction of sp³-hybridized carbons (Fsp3) is 0.312. The van der Waals surface area contributed by atoms with Crippen LogP contribution in [0.2, 0.25) is 0 Å². The van der Waals surface area contributed by atoms with Crippen LogP contribution in [0, 0.1) is 6.92 Å². The molecule has 100 valence electrons. The number of phenols is 1. The van der Waals surface area contributed by atoms with E-state index >= 15 is 0 Å². The van der Waals surface area contributed by atoms with E-state index in [9.17, 15) is 5.11 Å². The van der Waals surface area contributed by atoms with E-state index in [1.807, 2.05) is 37.3 Å². The lowest BCUT2D eigenvalue weighted by molar-refractivity contribution is 0.474. The zero-order chi connectivity index (χ0) is 13.7. The van der Waals surface area contributed by atoms with Gasteiger partial charge in [-0.2, -0.15) is 0 Å². The largest absolute Gasteiger partial charge is 0.508 e. The van der Waals surface area contributed by atoms with E-state index in [4.69, 9.17) is 0 Å². The summed E-state index contributed by atoms with van der Waals surface area (Å²) in [6, 6.07) is 13.8. The van der Waals surface area contributed by atoms with Crippen LogP contribution in [-0.2, 0) is 13.0 Å². The second-order valence-electron chi connectivity index (χ2n) is 4.92. The number of nitrogens with zero attached hydrogens (tertiary/aromatic N) is 1. The summed E-state index contributed by atoms with van der Waals surface area (Å²) in [7, 11) is 0. The lowest BCUT2D eigenvalue weighted by Gasteiger charge is -2.14. The van der Waals surface area contributed by atoms with Crippen LogP contribution in [0.1, 0.15) is 23.9 Å². The standard InChI is InChI=1S/C16H20N2O/c1-12-4-3-5-15(18-12)11-17-13(2)10-14-6-8-16(19)9-7-14/h3-9,13,17,19H,10-11H2,1-2H3. The third kappa shape index (κ3) is 4.38. The summed E-state index contributed by atoms with van der Waals surface area (Å²) in [4.78, 5) is 4.47. The maximum atomic E-state index is 9.24. The smallest absolute Gasteiger partial charge is 0.115 e. The minimum Gasteiger partial charge on any atom is -0.508 e. The summed E-state index contributed by atoms with van der Waals surface area (Å²) in [5.41, 5.74) is 3.33. The molecule has 0 saturated carbocycles. The van der Waals surface area contributed by atoms with Crippen molar-refractivity contribution in [2.45, 2.75) is 32.9 Å². The molecule has 3 heteroatoms. The van der Waals surface area contributed by atoms with Crippen LogP contribution in [0.25, 0.3) is 0 Å². The summed E-state index contributed by atoms with van der Waals surface area (Å²) in [5.74, 6) is 0.313. The monoisotopic (exact) mass is 256 g/mol. The summed E-state index contributed by atoms with van der Waals surface area (Å²) >= 11 is 0. The van der Waals surface area contributed by atoms with E-state index in [0.29, 0.717) is 11.8 Å². The van der Waals surface area contributed by atoms with Crippen molar-refractivity contribution in [3.8, 4) is 5.75 Å². The van der Waals surface area contributed by atoms with Crippen molar-refractivity contribution >= 4 is 0 Å². The molecule has 2 aromatic rings. The molecule has 1 aromatic carbocycles. The molecule has 2 N–H and O–H groups in total. The van der Waals surface area contributed by atoms with Gasteiger partial charge >= 0.3 is 0 Å². The highest BCUT2D eigenvalue weighted by Gasteiger charge is 2.04. The molecule has 0 amide bonds. The van der Waals surface area contributed by atoms with E-state index in [0.717, 1.165) is 24.4 Å². The maximum Gasteiger partial charge on any atom is 0.115 e. The first-order chi connectivity index (χ1) is 9.13. The minimum absolute atomic E-state index is 0.313. The van der Waals surface area contributed by atoms with Crippen molar-refractivity contribution in [1.82, 2.24) is 10.3 Å². The van der Waals surface area contributed by atoms with Gasteiger partial charge in [-0.1, -0.05) is 18.2 Å². The summed E-state index contributed by atoms with van der Waals surface area (Å²) in [6.45, 7) is 4.94. The molecule has 1 aromatic heterocycles. The van der Waals surface area contributed by atoms with Gasteiger partial charge in [0.1, 0.15) is 5.75 Å². The molecular formula is C16H20N2O. The fourth-order valence-electron chi connectivity index (χ4n) is 2.03. The molecule has 1 heterocycles. The first-order valence-electron chi connectivity index (χ1n) is 6.57. The van der Waals surface area contributed by atoms with Gasteiger partial charge < -0.3 is 10.4 Å². The molecule has 0 aliphatic carbocycles. The summed E-state index contributed by atoms with van der Waals surface area (Å²) in [5, 5.41) is 12.7. The molecule has 1 atom stereocenters. The Balaban J connectivity index is 1.84. The van der Waals surface area contributed by atoms with E-state index in [2.05, 4.69) is 17.2 Å². The van der Waals surface area contributed by atoms with Crippen LogP contribution < -0.4 is 5.32 Å². The molecule has 0 radical (unpaired) electrons. The SMILES string of the molecule is Cc1cccc(CNC(C)Cc2ccc(O)cc2)n1. The van der Waals surface area contributed by atoms with Gasteiger partial charge in [-0.05, 0) is 50.1 Å². The average molecular weight is 256 g/mol. The quantitative estimate of drug-likeness (QED) is 0.864. The Bertz CT molecular complexity index is 523. The van der Waals surface area contributed by atoms with Gasteiger partial charge in [0, 0.05) is 18.3 Å². The maximum absolute atomic E-state index is 9.24. The fourth-order valence-corrected chi connectivity index (χ4v) is 2.03. The average Bonchev–Trinajstić information content (AvgIpc) is 2.39. The van der Waals surface area contributed by atoms with Crippen LogP contribution in [-0.4, -0.2) is 16.1 Å². The number of rotatable bonds is 5. The molecule has 2 rings (SSSR count). The first-order valence-corrected chi connectivity index (χ1v) is 6.57. The molecule has 0 fully saturated rings.